The number of aromatic nitrogens is 1. The van der Waals surface area contributed by atoms with Gasteiger partial charge in [0.1, 0.15) is 6.54 Å². The minimum absolute atomic E-state index is 0.139. The minimum Gasteiger partial charge on any atom is -0.285 e. The molecule has 0 spiro atoms. The molecule has 2 rings (SSSR count). The molecule has 1 aromatic heterocycles. The van der Waals surface area contributed by atoms with E-state index in [2.05, 4.69) is 9.98 Å². The summed E-state index contributed by atoms with van der Waals surface area (Å²) in [7, 11) is 0. The summed E-state index contributed by atoms with van der Waals surface area (Å²) in [6, 6.07) is 3.29. The Labute approximate surface area is 86.3 Å². The van der Waals surface area contributed by atoms with Crippen LogP contribution in [0, 0.1) is 10.1 Å². The normalized spacial score (nSPS) is 24.0. The van der Waals surface area contributed by atoms with E-state index in [9.17, 15) is 10.1 Å². The lowest BCUT2D eigenvalue weighted by Crippen LogP contribution is -2.37. The van der Waals surface area contributed by atoms with Crippen molar-refractivity contribution in [2.24, 2.45) is 4.99 Å². The highest BCUT2D eigenvalue weighted by Gasteiger charge is 2.42. The van der Waals surface area contributed by atoms with Gasteiger partial charge in [-0.25, -0.2) is 0 Å². The maximum absolute atomic E-state index is 11.1. The molecule has 0 fully saturated rings. The van der Waals surface area contributed by atoms with Crippen LogP contribution >= 0.6 is 0 Å². The lowest BCUT2D eigenvalue weighted by atomic mass is 9.90. The van der Waals surface area contributed by atoms with Gasteiger partial charge in [0.2, 0.25) is 0 Å². The third-order valence-electron chi connectivity index (χ3n) is 2.40. The monoisotopic (exact) mass is 203 g/mol. The van der Waals surface area contributed by atoms with E-state index in [1.165, 1.54) is 0 Å². The van der Waals surface area contributed by atoms with Crippen LogP contribution in [0.1, 0.15) is 5.56 Å². The standard InChI is InChI=1S/C10H9N3O2/c14-13(15)10(4-1-5-12-8-10)9-2-6-11-7-3-9/h1-7H,8H2. The van der Waals surface area contributed by atoms with E-state index in [0.717, 1.165) is 0 Å². The van der Waals surface area contributed by atoms with Crippen molar-refractivity contribution in [1.29, 1.82) is 0 Å². The van der Waals surface area contributed by atoms with Gasteiger partial charge in [-0.05, 0) is 18.2 Å². The summed E-state index contributed by atoms with van der Waals surface area (Å²) in [4.78, 5) is 18.6. The number of aliphatic imine (C=N–C) groups is 1. The summed E-state index contributed by atoms with van der Waals surface area (Å²) in [5, 5.41) is 11.1. The molecule has 1 aromatic rings. The number of hydrogen-bond donors (Lipinski definition) is 0. The van der Waals surface area contributed by atoms with E-state index >= 15 is 0 Å². The summed E-state index contributed by atoms with van der Waals surface area (Å²) in [5.41, 5.74) is -0.617. The highest BCUT2D eigenvalue weighted by atomic mass is 16.6. The number of dihydropyridines is 1. The van der Waals surface area contributed by atoms with E-state index in [1.54, 1.807) is 42.9 Å². The van der Waals surface area contributed by atoms with E-state index in [1.807, 2.05) is 0 Å². The van der Waals surface area contributed by atoms with Crippen LogP contribution in [0.2, 0.25) is 0 Å². The van der Waals surface area contributed by atoms with E-state index in [-0.39, 0.29) is 11.5 Å². The summed E-state index contributed by atoms with van der Waals surface area (Å²) >= 11 is 0. The van der Waals surface area contributed by atoms with Gasteiger partial charge < -0.3 is 0 Å². The van der Waals surface area contributed by atoms with E-state index < -0.39 is 5.54 Å². The van der Waals surface area contributed by atoms with Crippen molar-refractivity contribution in [1.82, 2.24) is 4.98 Å². The first-order chi connectivity index (χ1) is 7.26. The van der Waals surface area contributed by atoms with Crippen LogP contribution in [-0.2, 0) is 5.54 Å². The number of rotatable bonds is 2. The number of nitro groups is 1. The van der Waals surface area contributed by atoms with E-state index in [4.69, 9.17) is 0 Å². The van der Waals surface area contributed by atoms with Crippen LogP contribution in [0.15, 0.2) is 41.7 Å². The molecule has 0 amide bonds. The van der Waals surface area contributed by atoms with Crippen molar-refractivity contribution in [3.63, 3.8) is 0 Å². The first-order valence-electron chi connectivity index (χ1n) is 4.48. The average Bonchev–Trinajstić information content (AvgIpc) is 2.31. The third kappa shape index (κ3) is 1.52. The van der Waals surface area contributed by atoms with Crippen molar-refractivity contribution < 1.29 is 4.92 Å². The second-order valence-corrected chi connectivity index (χ2v) is 3.27. The fraction of sp³-hybridized carbons (Fsp3) is 0.200. The fourth-order valence-corrected chi connectivity index (χ4v) is 1.56. The molecule has 76 valence electrons. The summed E-state index contributed by atoms with van der Waals surface area (Å²) in [6.07, 6.45) is 7.84. The predicted octanol–water partition coefficient (Wildman–Crippen LogP) is 1.19. The molecular weight excluding hydrogens is 194 g/mol. The van der Waals surface area contributed by atoms with Crippen molar-refractivity contribution in [2.75, 3.05) is 6.54 Å². The molecule has 0 saturated heterocycles. The van der Waals surface area contributed by atoms with Crippen molar-refractivity contribution in [3.8, 4) is 0 Å². The zero-order valence-corrected chi connectivity index (χ0v) is 7.91. The Hall–Kier alpha value is -2.04. The first kappa shape index (κ1) is 9.51. The van der Waals surface area contributed by atoms with E-state index in [0.29, 0.717) is 5.56 Å². The number of allylic oxidation sites excluding steroid dienone is 1. The molecule has 0 bridgehead atoms. The zero-order valence-electron chi connectivity index (χ0n) is 7.91. The number of hydrogen-bond acceptors (Lipinski definition) is 4. The van der Waals surface area contributed by atoms with Crippen LogP contribution in [-0.4, -0.2) is 22.7 Å². The fourth-order valence-electron chi connectivity index (χ4n) is 1.56. The average molecular weight is 203 g/mol. The molecule has 1 unspecified atom stereocenters. The van der Waals surface area contributed by atoms with Gasteiger partial charge in [0, 0.05) is 35.2 Å². The van der Waals surface area contributed by atoms with Crippen LogP contribution in [0.25, 0.3) is 0 Å². The summed E-state index contributed by atoms with van der Waals surface area (Å²) < 4.78 is 0. The van der Waals surface area contributed by atoms with Crippen LogP contribution < -0.4 is 0 Å². The van der Waals surface area contributed by atoms with Crippen LogP contribution in [0.5, 0.6) is 0 Å². The van der Waals surface area contributed by atoms with Gasteiger partial charge in [-0.2, -0.15) is 0 Å². The van der Waals surface area contributed by atoms with Gasteiger partial charge in [-0.1, -0.05) is 0 Å². The lowest BCUT2D eigenvalue weighted by molar-refractivity contribution is -0.560. The topological polar surface area (TPSA) is 68.4 Å². The Morgan fingerprint density at radius 3 is 2.67 bits per heavy atom. The predicted molar refractivity (Wildman–Crippen MR) is 55.4 cm³/mol. The molecule has 2 heterocycles. The molecule has 1 atom stereocenters. The van der Waals surface area contributed by atoms with Crippen molar-refractivity contribution in [3.05, 3.63) is 52.4 Å². The SMILES string of the molecule is O=[N+]([O-])C1(c2ccncc2)C=CC=NC1. The van der Waals surface area contributed by atoms with Crippen LogP contribution in [0.4, 0.5) is 0 Å². The van der Waals surface area contributed by atoms with Gasteiger partial charge in [0.25, 0.3) is 5.54 Å². The molecule has 0 radical (unpaired) electrons. The molecule has 0 aliphatic carbocycles. The van der Waals surface area contributed by atoms with Crippen LogP contribution in [0.3, 0.4) is 0 Å². The second-order valence-electron chi connectivity index (χ2n) is 3.27. The minimum atomic E-state index is -1.22. The molecule has 15 heavy (non-hydrogen) atoms. The molecule has 0 saturated carbocycles. The molecule has 5 nitrogen and oxygen atoms in total. The smallest absolute Gasteiger partial charge is 0.284 e. The second kappa shape index (κ2) is 3.61. The van der Waals surface area contributed by atoms with Gasteiger partial charge in [-0.3, -0.25) is 20.1 Å². The molecule has 5 heteroatoms. The van der Waals surface area contributed by atoms with Gasteiger partial charge >= 0.3 is 0 Å². The summed E-state index contributed by atoms with van der Waals surface area (Å²) in [5.74, 6) is 0. The molecule has 0 N–H and O–H groups in total. The van der Waals surface area contributed by atoms with Crippen molar-refractivity contribution in [2.45, 2.75) is 5.54 Å². The Morgan fingerprint density at radius 2 is 2.13 bits per heavy atom. The van der Waals surface area contributed by atoms with Gasteiger partial charge in [-0.15, -0.1) is 0 Å². The zero-order chi connectivity index (χ0) is 10.7. The van der Waals surface area contributed by atoms with Gasteiger partial charge in [0.15, 0.2) is 0 Å². The number of nitrogens with zero attached hydrogens (tertiary/aromatic N) is 3. The van der Waals surface area contributed by atoms with Gasteiger partial charge in [0.05, 0.1) is 0 Å². The van der Waals surface area contributed by atoms with Crippen molar-refractivity contribution >= 4 is 6.21 Å². The molecule has 1 aliphatic rings. The largest absolute Gasteiger partial charge is 0.285 e. The first-order valence-corrected chi connectivity index (χ1v) is 4.48. The quantitative estimate of drug-likeness (QED) is 0.535. The number of pyridine rings is 1. The molecule has 0 aromatic carbocycles. The molecule has 1 aliphatic heterocycles. The maximum Gasteiger partial charge on any atom is 0.284 e. The maximum atomic E-state index is 11.1. The lowest BCUT2D eigenvalue weighted by Gasteiger charge is -2.21. The Morgan fingerprint density at radius 1 is 1.40 bits per heavy atom. The highest BCUT2D eigenvalue weighted by Crippen LogP contribution is 2.28. The summed E-state index contributed by atoms with van der Waals surface area (Å²) in [6.45, 7) is 0.139. The highest BCUT2D eigenvalue weighted by molar-refractivity contribution is 5.72. The Bertz CT molecular complexity index is 428. The third-order valence-corrected chi connectivity index (χ3v) is 2.40. The molecular formula is C10H9N3O2. The Balaban J connectivity index is 2.49. The Kier molecular flexibility index (Phi) is 2.29.